The second-order valence-electron chi connectivity index (χ2n) is 6.32. The van der Waals surface area contributed by atoms with Crippen LogP contribution in [-0.4, -0.2) is 65.9 Å². The molecular formula is C20H43NO4. The Morgan fingerprint density at radius 1 is 0.440 bits per heavy atom. The molecule has 0 aromatic heterocycles. The first-order valence-corrected chi connectivity index (χ1v) is 10.4. The number of unbranched alkanes of at least 4 members (excludes halogenated alkanes) is 2. The number of rotatable bonds is 22. The van der Waals surface area contributed by atoms with E-state index < -0.39 is 0 Å². The maximum Gasteiger partial charge on any atom is 0.0487 e. The summed E-state index contributed by atoms with van der Waals surface area (Å²) in [5.41, 5.74) is 0. The van der Waals surface area contributed by atoms with Crippen LogP contribution in [0.4, 0.5) is 0 Å². The fourth-order valence-corrected chi connectivity index (χ4v) is 2.15. The van der Waals surface area contributed by atoms with E-state index in [4.69, 9.17) is 18.9 Å². The van der Waals surface area contributed by atoms with Crippen molar-refractivity contribution in [3.05, 3.63) is 0 Å². The van der Waals surface area contributed by atoms with Gasteiger partial charge in [0, 0.05) is 52.9 Å². The van der Waals surface area contributed by atoms with Crippen molar-refractivity contribution in [3.8, 4) is 0 Å². The van der Waals surface area contributed by atoms with Crippen LogP contribution in [0.15, 0.2) is 0 Å². The highest BCUT2D eigenvalue weighted by atomic mass is 16.5. The van der Waals surface area contributed by atoms with Gasteiger partial charge >= 0.3 is 0 Å². The fraction of sp³-hybridized carbons (Fsp3) is 1.00. The predicted molar refractivity (Wildman–Crippen MR) is 104 cm³/mol. The molecule has 0 saturated carbocycles. The van der Waals surface area contributed by atoms with E-state index in [-0.39, 0.29) is 0 Å². The van der Waals surface area contributed by atoms with Crippen molar-refractivity contribution in [2.75, 3.05) is 65.9 Å². The molecule has 0 aromatic carbocycles. The summed E-state index contributed by atoms with van der Waals surface area (Å²) in [5.74, 6) is 0. The van der Waals surface area contributed by atoms with E-state index in [0.717, 1.165) is 104 Å². The van der Waals surface area contributed by atoms with Gasteiger partial charge in [0.15, 0.2) is 0 Å². The third-order valence-corrected chi connectivity index (χ3v) is 3.72. The molecule has 0 amide bonds. The minimum atomic E-state index is 0.808. The fourth-order valence-electron chi connectivity index (χ4n) is 2.15. The van der Waals surface area contributed by atoms with Crippen LogP contribution in [0.3, 0.4) is 0 Å². The van der Waals surface area contributed by atoms with Gasteiger partial charge in [-0.15, -0.1) is 0 Å². The van der Waals surface area contributed by atoms with Crippen molar-refractivity contribution in [1.29, 1.82) is 0 Å². The summed E-state index contributed by atoms with van der Waals surface area (Å²) in [5, 5.41) is 3.43. The molecule has 5 nitrogen and oxygen atoms in total. The third kappa shape index (κ3) is 23.8. The van der Waals surface area contributed by atoms with E-state index in [9.17, 15) is 0 Å². The summed E-state index contributed by atoms with van der Waals surface area (Å²) in [6, 6.07) is 0. The molecule has 0 bridgehead atoms. The van der Waals surface area contributed by atoms with Crippen molar-refractivity contribution in [3.63, 3.8) is 0 Å². The van der Waals surface area contributed by atoms with Crippen molar-refractivity contribution in [2.45, 2.75) is 65.2 Å². The molecule has 152 valence electrons. The van der Waals surface area contributed by atoms with Crippen LogP contribution in [0, 0.1) is 0 Å². The Morgan fingerprint density at radius 2 is 0.760 bits per heavy atom. The molecule has 25 heavy (non-hydrogen) atoms. The molecule has 0 rings (SSSR count). The highest BCUT2D eigenvalue weighted by Gasteiger charge is 1.94. The molecule has 0 heterocycles. The highest BCUT2D eigenvalue weighted by Crippen LogP contribution is 1.92. The van der Waals surface area contributed by atoms with Crippen LogP contribution in [0.1, 0.15) is 65.2 Å². The van der Waals surface area contributed by atoms with Gasteiger partial charge in [-0.2, -0.15) is 0 Å². The number of ether oxygens (including phenoxy) is 4. The Balaban J connectivity index is 2.94. The first-order valence-electron chi connectivity index (χ1n) is 10.4. The third-order valence-electron chi connectivity index (χ3n) is 3.72. The van der Waals surface area contributed by atoms with E-state index in [0.29, 0.717) is 0 Å². The number of hydrogen-bond donors (Lipinski definition) is 1. The van der Waals surface area contributed by atoms with Crippen LogP contribution in [0.2, 0.25) is 0 Å². The molecule has 0 fully saturated rings. The van der Waals surface area contributed by atoms with Crippen molar-refractivity contribution >= 4 is 0 Å². The van der Waals surface area contributed by atoms with Gasteiger partial charge in [-0.25, -0.2) is 0 Å². The Bertz CT molecular complexity index is 208. The van der Waals surface area contributed by atoms with Gasteiger partial charge in [0.25, 0.3) is 0 Å². The van der Waals surface area contributed by atoms with E-state index >= 15 is 0 Å². The molecule has 5 heteroatoms. The van der Waals surface area contributed by atoms with Gasteiger partial charge in [-0.1, -0.05) is 26.7 Å². The standard InChI is InChI=1S/C20H43NO4/c1-3-5-13-22-17-9-19-24-15-7-11-21-12-8-16-25-20-10-18-23-14-6-4-2/h21H,3-20H2,1-2H3. The first-order chi connectivity index (χ1) is 12.4. The zero-order valence-corrected chi connectivity index (χ0v) is 16.9. The zero-order valence-electron chi connectivity index (χ0n) is 16.9. The van der Waals surface area contributed by atoms with Crippen LogP contribution in [-0.2, 0) is 18.9 Å². The number of hydrogen-bond acceptors (Lipinski definition) is 5. The smallest absolute Gasteiger partial charge is 0.0487 e. The van der Waals surface area contributed by atoms with Crippen molar-refractivity contribution in [2.24, 2.45) is 0 Å². The monoisotopic (exact) mass is 361 g/mol. The van der Waals surface area contributed by atoms with E-state index in [1.54, 1.807) is 0 Å². The van der Waals surface area contributed by atoms with Crippen molar-refractivity contribution < 1.29 is 18.9 Å². The number of nitrogens with one attached hydrogen (secondary N) is 1. The van der Waals surface area contributed by atoms with Crippen LogP contribution >= 0.6 is 0 Å². The summed E-state index contributed by atoms with van der Waals surface area (Å²) in [6.07, 6.45) is 8.83. The summed E-state index contributed by atoms with van der Waals surface area (Å²) >= 11 is 0. The molecule has 0 radical (unpaired) electrons. The second-order valence-corrected chi connectivity index (χ2v) is 6.32. The topological polar surface area (TPSA) is 49.0 Å². The quantitative estimate of drug-likeness (QED) is 0.297. The Kier molecular flexibility index (Phi) is 23.6. The lowest BCUT2D eigenvalue weighted by Crippen LogP contribution is -2.19. The molecule has 0 aliphatic heterocycles. The molecule has 0 saturated heterocycles. The van der Waals surface area contributed by atoms with Gasteiger partial charge in [-0.05, 0) is 51.6 Å². The molecule has 0 aliphatic rings. The highest BCUT2D eigenvalue weighted by molar-refractivity contribution is 4.48. The first kappa shape index (κ1) is 24.8. The lowest BCUT2D eigenvalue weighted by Gasteiger charge is -2.07. The average Bonchev–Trinajstić information content (AvgIpc) is 2.63. The predicted octanol–water partition coefficient (Wildman–Crippen LogP) is 3.80. The summed E-state index contributed by atoms with van der Waals surface area (Å²) in [6.45, 7) is 13.1. The Morgan fingerprint density at radius 3 is 1.12 bits per heavy atom. The Hall–Kier alpha value is -0.200. The summed E-state index contributed by atoms with van der Waals surface area (Å²) < 4.78 is 22.2. The minimum Gasteiger partial charge on any atom is -0.381 e. The largest absolute Gasteiger partial charge is 0.381 e. The maximum atomic E-state index is 5.59. The van der Waals surface area contributed by atoms with Gasteiger partial charge in [0.05, 0.1) is 0 Å². The summed E-state index contributed by atoms with van der Waals surface area (Å²) in [7, 11) is 0. The van der Waals surface area contributed by atoms with Crippen LogP contribution < -0.4 is 5.32 Å². The molecule has 0 atom stereocenters. The average molecular weight is 362 g/mol. The lowest BCUT2D eigenvalue weighted by molar-refractivity contribution is 0.0791. The van der Waals surface area contributed by atoms with E-state index in [1.807, 2.05) is 0 Å². The van der Waals surface area contributed by atoms with Crippen LogP contribution in [0.5, 0.6) is 0 Å². The van der Waals surface area contributed by atoms with Gasteiger partial charge < -0.3 is 24.3 Å². The molecule has 1 N–H and O–H groups in total. The lowest BCUT2D eigenvalue weighted by atomic mass is 10.4. The molecular weight excluding hydrogens is 318 g/mol. The van der Waals surface area contributed by atoms with E-state index in [1.165, 1.54) is 12.8 Å². The van der Waals surface area contributed by atoms with Gasteiger partial charge in [0.1, 0.15) is 0 Å². The van der Waals surface area contributed by atoms with Crippen LogP contribution in [0.25, 0.3) is 0 Å². The molecule has 0 spiro atoms. The second kappa shape index (κ2) is 23.8. The SMILES string of the molecule is CCCCOCCCOCCCNCCCOCCCOCCCC. The Labute approximate surface area is 156 Å². The molecule has 0 aromatic rings. The van der Waals surface area contributed by atoms with E-state index in [2.05, 4.69) is 19.2 Å². The van der Waals surface area contributed by atoms with Gasteiger partial charge in [0.2, 0.25) is 0 Å². The normalized spacial score (nSPS) is 11.3. The maximum absolute atomic E-state index is 5.59. The zero-order chi connectivity index (χ0) is 18.3. The minimum absolute atomic E-state index is 0.808. The van der Waals surface area contributed by atoms with Gasteiger partial charge in [-0.3, -0.25) is 0 Å². The summed E-state index contributed by atoms with van der Waals surface area (Å²) in [4.78, 5) is 0. The molecule has 0 aliphatic carbocycles. The molecule has 0 unspecified atom stereocenters. The van der Waals surface area contributed by atoms with Crippen molar-refractivity contribution in [1.82, 2.24) is 5.32 Å².